The highest BCUT2D eigenvalue weighted by Gasteiger charge is 2.32. The lowest BCUT2D eigenvalue weighted by molar-refractivity contribution is -0.143. The van der Waals surface area contributed by atoms with Crippen LogP contribution in [0.5, 0.6) is 5.75 Å². The monoisotopic (exact) mass is 556 g/mol. The number of nitrogens with zero attached hydrogens (tertiary/aromatic N) is 1. The van der Waals surface area contributed by atoms with Gasteiger partial charge in [-0.05, 0) is 68.3 Å². The molecule has 0 aliphatic rings. The van der Waals surface area contributed by atoms with Gasteiger partial charge in [0, 0.05) is 28.0 Å². The van der Waals surface area contributed by atoms with Crippen molar-refractivity contribution >= 4 is 39.3 Å². The average Bonchev–Trinajstić information content (AvgIpc) is 2.80. The van der Waals surface area contributed by atoms with Gasteiger partial charge in [0.2, 0.25) is 5.91 Å². The summed E-state index contributed by atoms with van der Waals surface area (Å²) in [6, 6.07) is 23.5. The molecular weight excluding hydrogens is 528 g/mol. The number of rotatable bonds is 9. The van der Waals surface area contributed by atoms with Gasteiger partial charge in [-0.1, -0.05) is 70.0 Å². The highest BCUT2D eigenvalue weighted by atomic mass is 79.9. The highest BCUT2D eigenvalue weighted by Crippen LogP contribution is 2.20. The molecule has 1 atom stereocenters. The number of carbonyl (C=O) groups is 2. The van der Waals surface area contributed by atoms with Crippen molar-refractivity contribution in [2.75, 3.05) is 6.61 Å². The van der Waals surface area contributed by atoms with E-state index in [0.717, 1.165) is 15.6 Å². The van der Waals surface area contributed by atoms with E-state index >= 15 is 0 Å². The molecule has 0 bridgehead atoms. The molecule has 0 spiro atoms. The summed E-state index contributed by atoms with van der Waals surface area (Å²) in [5, 5.41) is 3.62. The first kappa shape index (κ1) is 26.8. The second kappa shape index (κ2) is 12.2. The predicted octanol–water partition coefficient (Wildman–Crippen LogP) is 6.04. The van der Waals surface area contributed by atoms with Crippen molar-refractivity contribution in [2.24, 2.45) is 0 Å². The summed E-state index contributed by atoms with van der Waals surface area (Å²) in [6.07, 6.45) is 0.368. The first-order valence-corrected chi connectivity index (χ1v) is 12.6. The first-order valence-electron chi connectivity index (χ1n) is 11.4. The van der Waals surface area contributed by atoms with Crippen LogP contribution >= 0.6 is 27.5 Å². The number of hydrogen-bond donors (Lipinski definition) is 1. The molecule has 1 N–H and O–H groups in total. The van der Waals surface area contributed by atoms with Crippen LogP contribution in [0.15, 0.2) is 83.3 Å². The maximum absolute atomic E-state index is 13.6. The van der Waals surface area contributed by atoms with Crippen molar-refractivity contribution in [3.63, 3.8) is 0 Å². The molecule has 0 heterocycles. The van der Waals surface area contributed by atoms with Crippen LogP contribution in [0.25, 0.3) is 0 Å². The predicted molar refractivity (Wildman–Crippen MR) is 143 cm³/mol. The zero-order valence-electron chi connectivity index (χ0n) is 20.1. The van der Waals surface area contributed by atoms with Crippen LogP contribution in [-0.2, 0) is 22.6 Å². The molecule has 0 aliphatic carbocycles. The van der Waals surface area contributed by atoms with Gasteiger partial charge in [0.15, 0.2) is 6.61 Å². The second-order valence-electron chi connectivity index (χ2n) is 9.34. The lowest BCUT2D eigenvalue weighted by Gasteiger charge is -2.33. The van der Waals surface area contributed by atoms with E-state index in [9.17, 15) is 9.59 Å². The van der Waals surface area contributed by atoms with Gasteiger partial charge in [-0.25, -0.2) is 0 Å². The largest absolute Gasteiger partial charge is 0.484 e. The fraction of sp³-hybridized carbons (Fsp3) is 0.286. The van der Waals surface area contributed by atoms with Crippen LogP contribution in [0.1, 0.15) is 31.9 Å². The molecule has 3 rings (SSSR count). The molecule has 0 saturated carbocycles. The molecule has 0 aromatic heterocycles. The van der Waals surface area contributed by atoms with Crippen LogP contribution < -0.4 is 10.1 Å². The van der Waals surface area contributed by atoms with Crippen molar-refractivity contribution in [3.8, 4) is 5.75 Å². The second-order valence-corrected chi connectivity index (χ2v) is 10.7. The maximum Gasteiger partial charge on any atom is 0.261 e. The summed E-state index contributed by atoms with van der Waals surface area (Å²) >= 11 is 9.61. The summed E-state index contributed by atoms with van der Waals surface area (Å²) in [4.78, 5) is 28.6. The lowest BCUT2D eigenvalue weighted by atomic mass is 10.0. The van der Waals surface area contributed by atoms with E-state index in [0.29, 0.717) is 17.2 Å². The molecule has 0 aliphatic heterocycles. The van der Waals surface area contributed by atoms with Crippen LogP contribution in [0.3, 0.4) is 0 Å². The molecule has 35 heavy (non-hydrogen) atoms. The zero-order chi connectivity index (χ0) is 25.4. The first-order chi connectivity index (χ1) is 16.6. The quantitative estimate of drug-likeness (QED) is 0.349. The Morgan fingerprint density at radius 3 is 2.26 bits per heavy atom. The van der Waals surface area contributed by atoms with E-state index in [-0.39, 0.29) is 25.0 Å². The van der Waals surface area contributed by atoms with Gasteiger partial charge in [-0.15, -0.1) is 0 Å². The Balaban J connectivity index is 1.92. The Bertz CT molecular complexity index is 1130. The Morgan fingerprint density at radius 1 is 0.971 bits per heavy atom. The average molecular weight is 558 g/mol. The normalized spacial score (nSPS) is 12.0. The van der Waals surface area contributed by atoms with Crippen molar-refractivity contribution < 1.29 is 14.3 Å². The topological polar surface area (TPSA) is 58.6 Å². The van der Waals surface area contributed by atoms with Crippen molar-refractivity contribution in [3.05, 3.63) is 99.5 Å². The van der Waals surface area contributed by atoms with E-state index in [4.69, 9.17) is 16.3 Å². The Labute approximate surface area is 220 Å². The van der Waals surface area contributed by atoms with Crippen molar-refractivity contribution in [1.29, 1.82) is 0 Å². The summed E-state index contributed by atoms with van der Waals surface area (Å²) in [5.41, 5.74) is 1.33. The number of hydrogen-bond acceptors (Lipinski definition) is 3. The number of halogens is 2. The molecule has 2 amide bonds. The standard InChI is InChI=1S/C28H30BrClN2O3/c1-28(2,3)31-27(34)25(17-20-8-5-4-6-9-20)32(18-21-10-7-11-23(30)16-21)26(33)19-35-24-14-12-22(29)13-15-24/h4-16,25H,17-19H2,1-3H3,(H,31,34). The lowest BCUT2D eigenvalue weighted by Crippen LogP contribution is -2.55. The number of benzene rings is 3. The zero-order valence-corrected chi connectivity index (χ0v) is 22.5. The molecule has 184 valence electrons. The summed E-state index contributed by atoms with van der Waals surface area (Å²) < 4.78 is 6.69. The van der Waals surface area contributed by atoms with Crippen molar-refractivity contribution in [2.45, 2.75) is 45.3 Å². The number of nitrogens with one attached hydrogen (secondary N) is 1. The van der Waals surface area contributed by atoms with Crippen LogP contribution in [0.4, 0.5) is 0 Å². The van der Waals surface area contributed by atoms with Gasteiger partial charge >= 0.3 is 0 Å². The smallest absolute Gasteiger partial charge is 0.261 e. The third-order valence-electron chi connectivity index (χ3n) is 5.19. The van der Waals surface area contributed by atoms with E-state index < -0.39 is 11.6 Å². The van der Waals surface area contributed by atoms with E-state index in [1.807, 2.05) is 75.4 Å². The summed E-state index contributed by atoms with van der Waals surface area (Å²) in [6.45, 7) is 5.78. The number of carbonyl (C=O) groups excluding carboxylic acids is 2. The minimum absolute atomic E-state index is 0.198. The minimum Gasteiger partial charge on any atom is -0.484 e. The van der Waals surface area contributed by atoms with Crippen LogP contribution in [0, 0.1) is 0 Å². The van der Waals surface area contributed by atoms with Crippen LogP contribution in [0.2, 0.25) is 5.02 Å². The molecule has 0 radical (unpaired) electrons. The number of amides is 2. The molecular formula is C28H30BrClN2O3. The van der Waals surface area contributed by atoms with Gasteiger partial charge in [0.25, 0.3) is 5.91 Å². The molecule has 0 fully saturated rings. The Kier molecular flexibility index (Phi) is 9.35. The summed E-state index contributed by atoms with van der Waals surface area (Å²) in [7, 11) is 0. The summed E-state index contributed by atoms with van der Waals surface area (Å²) in [5.74, 6) is 0.0567. The fourth-order valence-electron chi connectivity index (χ4n) is 3.60. The van der Waals surface area contributed by atoms with Gasteiger partial charge in [0.1, 0.15) is 11.8 Å². The van der Waals surface area contributed by atoms with Gasteiger partial charge in [-0.2, -0.15) is 0 Å². The fourth-order valence-corrected chi connectivity index (χ4v) is 4.07. The van der Waals surface area contributed by atoms with Gasteiger partial charge in [-0.3, -0.25) is 9.59 Å². The van der Waals surface area contributed by atoms with E-state index in [2.05, 4.69) is 21.2 Å². The molecule has 0 saturated heterocycles. The highest BCUT2D eigenvalue weighted by molar-refractivity contribution is 9.10. The molecule has 3 aromatic carbocycles. The van der Waals surface area contributed by atoms with Crippen LogP contribution in [-0.4, -0.2) is 34.9 Å². The SMILES string of the molecule is CC(C)(C)NC(=O)C(Cc1ccccc1)N(Cc1cccc(Cl)c1)C(=O)COc1ccc(Br)cc1. The Morgan fingerprint density at radius 2 is 1.63 bits per heavy atom. The van der Waals surface area contributed by atoms with Gasteiger partial charge < -0.3 is 15.0 Å². The molecule has 7 heteroatoms. The van der Waals surface area contributed by atoms with E-state index in [1.165, 1.54) is 0 Å². The third-order valence-corrected chi connectivity index (χ3v) is 5.95. The molecule has 5 nitrogen and oxygen atoms in total. The van der Waals surface area contributed by atoms with Gasteiger partial charge in [0.05, 0.1) is 0 Å². The number of ether oxygens (including phenoxy) is 1. The molecule has 3 aromatic rings. The van der Waals surface area contributed by atoms with E-state index in [1.54, 1.807) is 29.2 Å². The third kappa shape index (κ3) is 8.71. The maximum atomic E-state index is 13.6. The Hall–Kier alpha value is -2.83. The van der Waals surface area contributed by atoms with Crippen molar-refractivity contribution in [1.82, 2.24) is 10.2 Å². The molecule has 1 unspecified atom stereocenters. The minimum atomic E-state index is -0.739.